The SMILES string of the molecule is COCCc1ncc(-c2csc(NC(C)C)n2)s1. The van der Waals surface area contributed by atoms with Crippen LogP contribution in [0.2, 0.25) is 0 Å². The lowest BCUT2D eigenvalue weighted by atomic mass is 10.4. The van der Waals surface area contributed by atoms with Crippen LogP contribution in [0.25, 0.3) is 10.6 Å². The number of rotatable bonds is 6. The Balaban J connectivity index is 2.06. The molecule has 0 fully saturated rings. The Kier molecular flexibility index (Phi) is 4.68. The van der Waals surface area contributed by atoms with Gasteiger partial charge in [-0.05, 0) is 13.8 Å². The second kappa shape index (κ2) is 6.26. The minimum absolute atomic E-state index is 0.405. The number of methoxy groups -OCH3 is 1. The third-order valence-electron chi connectivity index (χ3n) is 2.24. The standard InChI is InChI=1S/C12H17N3OS2/c1-8(2)14-12-15-9(7-17-12)10-6-13-11(18-10)4-5-16-3/h6-8H,4-5H2,1-3H3,(H,14,15). The lowest BCUT2D eigenvalue weighted by Crippen LogP contribution is -2.08. The topological polar surface area (TPSA) is 47.0 Å². The van der Waals surface area contributed by atoms with Crippen LogP contribution in [0.5, 0.6) is 0 Å². The summed E-state index contributed by atoms with van der Waals surface area (Å²) in [6.45, 7) is 4.93. The fourth-order valence-electron chi connectivity index (χ4n) is 1.43. The maximum Gasteiger partial charge on any atom is 0.183 e. The summed E-state index contributed by atoms with van der Waals surface area (Å²) in [6.07, 6.45) is 2.76. The molecule has 0 saturated heterocycles. The molecular formula is C12H17N3OS2. The fourth-order valence-corrected chi connectivity index (χ4v) is 3.23. The molecule has 0 bridgehead atoms. The molecule has 0 atom stereocenters. The van der Waals surface area contributed by atoms with Crippen molar-refractivity contribution in [1.29, 1.82) is 0 Å². The van der Waals surface area contributed by atoms with Crippen LogP contribution in [0.4, 0.5) is 5.13 Å². The molecule has 98 valence electrons. The monoisotopic (exact) mass is 283 g/mol. The number of nitrogens with zero attached hydrogens (tertiary/aromatic N) is 2. The zero-order valence-corrected chi connectivity index (χ0v) is 12.4. The third-order valence-corrected chi connectivity index (χ3v) is 4.10. The molecule has 18 heavy (non-hydrogen) atoms. The van der Waals surface area contributed by atoms with E-state index in [2.05, 4.69) is 34.5 Å². The van der Waals surface area contributed by atoms with E-state index < -0.39 is 0 Å². The van der Waals surface area contributed by atoms with Gasteiger partial charge in [-0.2, -0.15) is 0 Å². The minimum atomic E-state index is 0.405. The number of aromatic nitrogens is 2. The largest absolute Gasteiger partial charge is 0.384 e. The zero-order valence-electron chi connectivity index (χ0n) is 10.8. The van der Waals surface area contributed by atoms with Gasteiger partial charge < -0.3 is 10.1 Å². The van der Waals surface area contributed by atoms with E-state index in [1.54, 1.807) is 29.8 Å². The van der Waals surface area contributed by atoms with E-state index in [0.717, 1.165) is 27.1 Å². The molecule has 0 aliphatic rings. The average Bonchev–Trinajstić information content (AvgIpc) is 2.94. The Morgan fingerprint density at radius 2 is 2.28 bits per heavy atom. The molecule has 2 heterocycles. The molecule has 2 aromatic rings. The van der Waals surface area contributed by atoms with Gasteiger partial charge in [0.05, 0.1) is 22.2 Å². The van der Waals surface area contributed by atoms with E-state index in [1.807, 2.05) is 6.20 Å². The molecule has 0 amide bonds. The summed E-state index contributed by atoms with van der Waals surface area (Å²) in [4.78, 5) is 10.1. The zero-order chi connectivity index (χ0) is 13.0. The predicted molar refractivity (Wildman–Crippen MR) is 77.6 cm³/mol. The number of anilines is 1. The van der Waals surface area contributed by atoms with Gasteiger partial charge in [0, 0.05) is 31.1 Å². The molecule has 1 N–H and O–H groups in total. The van der Waals surface area contributed by atoms with E-state index in [-0.39, 0.29) is 0 Å². The molecule has 6 heteroatoms. The molecule has 0 aromatic carbocycles. The van der Waals surface area contributed by atoms with Gasteiger partial charge in [-0.1, -0.05) is 0 Å². The number of thiazole rings is 2. The van der Waals surface area contributed by atoms with E-state index >= 15 is 0 Å². The smallest absolute Gasteiger partial charge is 0.183 e. The lowest BCUT2D eigenvalue weighted by molar-refractivity contribution is 0.202. The minimum Gasteiger partial charge on any atom is -0.384 e. The molecular weight excluding hydrogens is 266 g/mol. The van der Waals surface area contributed by atoms with Gasteiger partial charge >= 0.3 is 0 Å². The molecule has 0 radical (unpaired) electrons. The summed E-state index contributed by atoms with van der Waals surface area (Å²) in [5.41, 5.74) is 1.00. The van der Waals surface area contributed by atoms with Gasteiger partial charge in [-0.3, -0.25) is 0 Å². The highest BCUT2D eigenvalue weighted by Crippen LogP contribution is 2.29. The summed E-state index contributed by atoms with van der Waals surface area (Å²) in [5, 5.41) is 7.44. The highest BCUT2D eigenvalue weighted by atomic mass is 32.1. The first-order valence-electron chi connectivity index (χ1n) is 5.85. The van der Waals surface area contributed by atoms with Gasteiger partial charge in [0.2, 0.25) is 0 Å². The summed E-state index contributed by atoms with van der Waals surface area (Å²) in [7, 11) is 1.71. The van der Waals surface area contributed by atoms with E-state index in [4.69, 9.17) is 4.74 Å². The third kappa shape index (κ3) is 3.51. The van der Waals surface area contributed by atoms with Crippen LogP contribution >= 0.6 is 22.7 Å². The average molecular weight is 283 g/mol. The number of hydrogen-bond acceptors (Lipinski definition) is 6. The normalized spacial score (nSPS) is 11.1. The second-order valence-corrected chi connectivity index (χ2v) is 6.17. The van der Waals surface area contributed by atoms with Crippen molar-refractivity contribution in [2.75, 3.05) is 19.0 Å². The van der Waals surface area contributed by atoms with Crippen LogP contribution in [0.15, 0.2) is 11.6 Å². The van der Waals surface area contributed by atoms with Crippen molar-refractivity contribution in [2.45, 2.75) is 26.3 Å². The van der Waals surface area contributed by atoms with Gasteiger partial charge in [0.25, 0.3) is 0 Å². The molecule has 0 unspecified atom stereocenters. The van der Waals surface area contributed by atoms with Gasteiger partial charge in [-0.15, -0.1) is 22.7 Å². The first kappa shape index (κ1) is 13.5. The first-order chi connectivity index (χ1) is 8.69. The van der Waals surface area contributed by atoms with Crippen LogP contribution in [0, 0.1) is 0 Å². The van der Waals surface area contributed by atoms with E-state index in [9.17, 15) is 0 Å². The van der Waals surface area contributed by atoms with Crippen LogP contribution in [0.3, 0.4) is 0 Å². The Morgan fingerprint density at radius 1 is 1.44 bits per heavy atom. The Labute approximate surface area is 115 Å². The van der Waals surface area contributed by atoms with E-state index in [1.165, 1.54) is 0 Å². The van der Waals surface area contributed by atoms with Crippen molar-refractivity contribution in [3.63, 3.8) is 0 Å². The van der Waals surface area contributed by atoms with Gasteiger partial charge in [-0.25, -0.2) is 9.97 Å². The summed E-state index contributed by atoms with van der Waals surface area (Å²) >= 11 is 3.32. The van der Waals surface area contributed by atoms with Gasteiger partial charge in [0.15, 0.2) is 5.13 Å². The molecule has 2 aromatic heterocycles. The Hall–Kier alpha value is -0.980. The number of hydrogen-bond donors (Lipinski definition) is 1. The predicted octanol–water partition coefficient (Wildman–Crippen LogP) is 3.28. The van der Waals surface area contributed by atoms with Crippen LogP contribution in [-0.4, -0.2) is 29.7 Å². The number of ether oxygens (including phenoxy) is 1. The fraction of sp³-hybridized carbons (Fsp3) is 0.500. The van der Waals surface area contributed by atoms with E-state index in [0.29, 0.717) is 12.6 Å². The molecule has 0 aliphatic carbocycles. The van der Waals surface area contributed by atoms with Crippen LogP contribution in [-0.2, 0) is 11.2 Å². The van der Waals surface area contributed by atoms with Crippen LogP contribution in [0.1, 0.15) is 18.9 Å². The molecule has 0 aliphatic heterocycles. The Morgan fingerprint density at radius 3 is 3.00 bits per heavy atom. The van der Waals surface area contributed by atoms with Gasteiger partial charge in [0.1, 0.15) is 0 Å². The quantitative estimate of drug-likeness (QED) is 0.884. The maximum atomic E-state index is 5.05. The highest BCUT2D eigenvalue weighted by molar-refractivity contribution is 7.16. The van der Waals surface area contributed by atoms with Crippen molar-refractivity contribution in [1.82, 2.24) is 9.97 Å². The molecule has 0 spiro atoms. The molecule has 4 nitrogen and oxygen atoms in total. The second-order valence-electron chi connectivity index (χ2n) is 4.20. The summed E-state index contributed by atoms with van der Waals surface area (Å²) in [5.74, 6) is 0. The maximum absolute atomic E-state index is 5.05. The van der Waals surface area contributed by atoms with Crippen molar-refractivity contribution in [2.24, 2.45) is 0 Å². The van der Waals surface area contributed by atoms with Crippen molar-refractivity contribution >= 4 is 27.8 Å². The van der Waals surface area contributed by atoms with Crippen molar-refractivity contribution in [3.8, 4) is 10.6 Å². The Bertz CT molecular complexity index is 493. The lowest BCUT2D eigenvalue weighted by Gasteiger charge is -2.04. The highest BCUT2D eigenvalue weighted by Gasteiger charge is 2.09. The van der Waals surface area contributed by atoms with Crippen molar-refractivity contribution < 1.29 is 4.74 Å². The summed E-state index contributed by atoms with van der Waals surface area (Å²) < 4.78 is 5.05. The first-order valence-corrected chi connectivity index (χ1v) is 7.54. The molecule has 2 rings (SSSR count). The molecule has 0 saturated carbocycles. The summed E-state index contributed by atoms with van der Waals surface area (Å²) in [6, 6.07) is 0.405. The number of nitrogens with one attached hydrogen (secondary N) is 1. The van der Waals surface area contributed by atoms with Crippen molar-refractivity contribution in [3.05, 3.63) is 16.6 Å². The van der Waals surface area contributed by atoms with Crippen LogP contribution < -0.4 is 5.32 Å².